The van der Waals surface area contributed by atoms with Crippen molar-refractivity contribution in [2.24, 2.45) is 0 Å². The molecule has 3 aromatic rings. The molecular weight excluding hydrogens is 252 g/mol. The normalized spacial score (nSPS) is 11.0. The largest absolute Gasteiger partial charge is 0.349 e. The van der Waals surface area contributed by atoms with E-state index in [2.05, 4.69) is 20.3 Å². The van der Waals surface area contributed by atoms with Gasteiger partial charge in [0, 0.05) is 43.0 Å². The summed E-state index contributed by atoms with van der Waals surface area (Å²) in [4.78, 5) is 22.0. The molecule has 0 bridgehead atoms. The molecule has 3 rings (SSSR count). The Morgan fingerprint density at radius 3 is 3.00 bits per heavy atom. The molecule has 0 atom stereocenters. The maximum Gasteiger partial charge on any atom is 0.252 e. The number of rotatable bonds is 5. The molecule has 0 aliphatic rings. The number of hydrogen-bond acceptors (Lipinski definition) is 3. The maximum absolute atomic E-state index is 11.9. The summed E-state index contributed by atoms with van der Waals surface area (Å²) in [6.45, 7) is 1.33. The van der Waals surface area contributed by atoms with Gasteiger partial charge in [-0.15, -0.1) is 0 Å². The van der Waals surface area contributed by atoms with E-state index in [4.69, 9.17) is 0 Å². The van der Waals surface area contributed by atoms with Crippen molar-refractivity contribution >= 4 is 10.9 Å². The molecule has 0 saturated heterocycles. The first kappa shape index (κ1) is 12.6. The molecule has 1 aromatic carbocycles. The molecule has 0 radical (unpaired) electrons. The average molecular weight is 268 g/mol. The summed E-state index contributed by atoms with van der Waals surface area (Å²) >= 11 is 0. The number of pyridine rings is 1. The minimum atomic E-state index is -0.0331. The topological polar surface area (TPSA) is 73.6 Å². The van der Waals surface area contributed by atoms with Gasteiger partial charge in [-0.05, 0) is 17.5 Å². The highest BCUT2D eigenvalue weighted by Crippen LogP contribution is 2.09. The van der Waals surface area contributed by atoms with Crippen LogP contribution in [-0.4, -0.2) is 21.5 Å². The van der Waals surface area contributed by atoms with E-state index in [1.54, 1.807) is 6.20 Å². The maximum atomic E-state index is 11.9. The van der Waals surface area contributed by atoms with Crippen LogP contribution in [0.15, 0.2) is 47.5 Å². The zero-order chi connectivity index (χ0) is 13.8. The standard InChI is InChI=1S/C15H16N4O/c20-15-12(9-11-3-1-2-4-13(11)19-15)10-16-6-5-14-17-7-8-18-14/h1-4,7-9,16H,5-6,10H2,(H,17,18)(H,19,20). The molecule has 2 heterocycles. The van der Waals surface area contributed by atoms with Crippen LogP contribution in [0.3, 0.4) is 0 Å². The van der Waals surface area contributed by atoms with Crippen LogP contribution in [0.2, 0.25) is 0 Å². The summed E-state index contributed by atoms with van der Waals surface area (Å²) in [5.41, 5.74) is 1.59. The predicted molar refractivity (Wildman–Crippen MR) is 78.6 cm³/mol. The molecule has 2 aromatic heterocycles. The summed E-state index contributed by atoms with van der Waals surface area (Å²) in [7, 11) is 0. The fourth-order valence-corrected chi connectivity index (χ4v) is 2.19. The van der Waals surface area contributed by atoms with Crippen molar-refractivity contribution in [2.75, 3.05) is 6.54 Å². The van der Waals surface area contributed by atoms with Crippen LogP contribution < -0.4 is 10.9 Å². The third-order valence-corrected chi connectivity index (χ3v) is 3.24. The molecule has 3 N–H and O–H groups in total. The Bertz CT molecular complexity index is 746. The van der Waals surface area contributed by atoms with Crippen LogP contribution in [0.1, 0.15) is 11.4 Å². The van der Waals surface area contributed by atoms with E-state index in [-0.39, 0.29) is 5.56 Å². The number of H-pyrrole nitrogens is 2. The van der Waals surface area contributed by atoms with Gasteiger partial charge < -0.3 is 15.3 Å². The summed E-state index contributed by atoms with van der Waals surface area (Å²) in [5, 5.41) is 4.32. The summed E-state index contributed by atoms with van der Waals surface area (Å²) in [6, 6.07) is 9.73. The SMILES string of the molecule is O=c1[nH]c2ccccc2cc1CNCCc1ncc[nH]1. The van der Waals surface area contributed by atoms with Gasteiger partial charge in [0.25, 0.3) is 5.56 Å². The van der Waals surface area contributed by atoms with E-state index in [9.17, 15) is 4.79 Å². The number of aromatic nitrogens is 3. The Balaban J connectivity index is 1.65. The van der Waals surface area contributed by atoms with Gasteiger partial charge in [0.05, 0.1) is 0 Å². The summed E-state index contributed by atoms with van der Waals surface area (Å²) in [5.74, 6) is 0.949. The molecule has 0 saturated carbocycles. The van der Waals surface area contributed by atoms with Crippen molar-refractivity contribution in [3.8, 4) is 0 Å². The number of benzene rings is 1. The van der Waals surface area contributed by atoms with Crippen molar-refractivity contribution in [1.29, 1.82) is 0 Å². The van der Waals surface area contributed by atoms with Crippen molar-refractivity contribution in [1.82, 2.24) is 20.3 Å². The number of aromatic amines is 2. The van der Waals surface area contributed by atoms with E-state index in [1.807, 2.05) is 36.5 Å². The zero-order valence-electron chi connectivity index (χ0n) is 11.0. The van der Waals surface area contributed by atoms with Crippen molar-refractivity contribution in [3.05, 3.63) is 64.5 Å². The lowest BCUT2D eigenvalue weighted by molar-refractivity contribution is 0.670. The van der Waals surface area contributed by atoms with Crippen molar-refractivity contribution in [2.45, 2.75) is 13.0 Å². The van der Waals surface area contributed by atoms with Gasteiger partial charge in [-0.2, -0.15) is 0 Å². The smallest absolute Gasteiger partial charge is 0.252 e. The van der Waals surface area contributed by atoms with Crippen LogP contribution in [0.25, 0.3) is 10.9 Å². The third-order valence-electron chi connectivity index (χ3n) is 3.24. The highest BCUT2D eigenvalue weighted by atomic mass is 16.1. The first-order chi connectivity index (χ1) is 9.83. The fourth-order valence-electron chi connectivity index (χ4n) is 2.19. The van der Waals surface area contributed by atoms with E-state index < -0.39 is 0 Å². The van der Waals surface area contributed by atoms with E-state index in [0.29, 0.717) is 6.54 Å². The Morgan fingerprint density at radius 1 is 1.25 bits per heavy atom. The molecule has 5 nitrogen and oxygen atoms in total. The Kier molecular flexibility index (Phi) is 3.60. The average Bonchev–Trinajstić information content (AvgIpc) is 2.97. The van der Waals surface area contributed by atoms with Gasteiger partial charge in [0.15, 0.2) is 0 Å². The van der Waals surface area contributed by atoms with Gasteiger partial charge in [-0.3, -0.25) is 4.79 Å². The highest BCUT2D eigenvalue weighted by Gasteiger charge is 2.02. The summed E-state index contributed by atoms with van der Waals surface area (Å²) < 4.78 is 0. The van der Waals surface area contributed by atoms with Gasteiger partial charge in [0.1, 0.15) is 5.82 Å². The number of nitrogens with one attached hydrogen (secondary N) is 3. The number of hydrogen-bond donors (Lipinski definition) is 3. The Morgan fingerprint density at radius 2 is 2.15 bits per heavy atom. The number of para-hydroxylation sites is 1. The lowest BCUT2D eigenvalue weighted by Gasteiger charge is -2.05. The van der Waals surface area contributed by atoms with Gasteiger partial charge >= 0.3 is 0 Å². The molecule has 0 spiro atoms. The van der Waals surface area contributed by atoms with Crippen molar-refractivity contribution < 1.29 is 0 Å². The fraction of sp³-hybridized carbons (Fsp3) is 0.200. The second kappa shape index (κ2) is 5.71. The van der Waals surface area contributed by atoms with E-state index >= 15 is 0 Å². The molecular formula is C15H16N4O. The Labute approximate surface area is 116 Å². The lowest BCUT2D eigenvalue weighted by Crippen LogP contribution is -2.23. The zero-order valence-corrected chi connectivity index (χ0v) is 11.0. The first-order valence-electron chi connectivity index (χ1n) is 6.63. The third kappa shape index (κ3) is 2.78. The molecule has 0 fully saturated rings. The van der Waals surface area contributed by atoms with Crippen LogP contribution in [0.5, 0.6) is 0 Å². The second-order valence-corrected chi connectivity index (χ2v) is 4.67. The minimum Gasteiger partial charge on any atom is -0.349 e. The Hall–Kier alpha value is -2.40. The molecule has 20 heavy (non-hydrogen) atoms. The van der Waals surface area contributed by atoms with Crippen molar-refractivity contribution in [3.63, 3.8) is 0 Å². The quantitative estimate of drug-likeness (QED) is 0.615. The number of imidazole rings is 1. The number of nitrogens with zero attached hydrogens (tertiary/aromatic N) is 1. The summed E-state index contributed by atoms with van der Waals surface area (Å²) in [6.07, 6.45) is 4.37. The van der Waals surface area contributed by atoms with E-state index in [0.717, 1.165) is 35.3 Å². The van der Waals surface area contributed by atoms with Gasteiger partial charge in [0.2, 0.25) is 0 Å². The highest BCUT2D eigenvalue weighted by molar-refractivity contribution is 5.78. The van der Waals surface area contributed by atoms with Crippen LogP contribution in [0, 0.1) is 0 Å². The molecule has 0 unspecified atom stereocenters. The minimum absolute atomic E-state index is 0.0331. The van der Waals surface area contributed by atoms with Gasteiger partial charge in [-0.1, -0.05) is 18.2 Å². The predicted octanol–water partition coefficient (Wildman–Crippen LogP) is 1.58. The molecule has 102 valence electrons. The first-order valence-corrected chi connectivity index (χ1v) is 6.63. The molecule has 5 heteroatoms. The molecule has 0 amide bonds. The lowest BCUT2D eigenvalue weighted by atomic mass is 10.1. The van der Waals surface area contributed by atoms with E-state index in [1.165, 1.54) is 0 Å². The van der Waals surface area contributed by atoms with Crippen LogP contribution in [-0.2, 0) is 13.0 Å². The van der Waals surface area contributed by atoms with Gasteiger partial charge in [-0.25, -0.2) is 4.98 Å². The molecule has 0 aliphatic carbocycles. The molecule has 0 aliphatic heterocycles. The monoisotopic (exact) mass is 268 g/mol. The van der Waals surface area contributed by atoms with Crippen LogP contribution in [0.4, 0.5) is 0 Å². The number of fused-ring (bicyclic) bond motifs is 1. The second-order valence-electron chi connectivity index (χ2n) is 4.67. The van der Waals surface area contributed by atoms with Crippen LogP contribution >= 0.6 is 0 Å².